The summed E-state index contributed by atoms with van der Waals surface area (Å²) in [6.45, 7) is 10.3. The number of carbonyl (C=O) groups is 2. The molecule has 8 nitrogen and oxygen atoms in total. The van der Waals surface area contributed by atoms with E-state index in [2.05, 4.69) is 51.2 Å². The first-order valence-electron chi connectivity index (χ1n) is 20.3. The zero-order valence-electron chi connectivity index (χ0n) is 32.2. The van der Waals surface area contributed by atoms with Gasteiger partial charge in [-0.25, -0.2) is 4.79 Å². The van der Waals surface area contributed by atoms with Crippen LogP contribution in [-0.2, 0) is 0 Å². The lowest BCUT2D eigenvalue weighted by molar-refractivity contribution is -0.176. The predicted molar refractivity (Wildman–Crippen MR) is 203 cm³/mol. The number of fused-ring (bicyclic) bond motifs is 3. The van der Waals surface area contributed by atoms with Crippen LogP contribution in [-0.4, -0.2) is 58.8 Å². The van der Waals surface area contributed by atoms with Gasteiger partial charge in [0.25, 0.3) is 0 Å². The van der Waals surface area contributed by atoms with Crippen LogP contribution in [0, 0.1) is 56.7 Å². The molecule has 0 aliphatic heterocycles. The van der Waals surface area contributed by atoms with Gasteiger partial charge < -0.3 is 29.6 Å². The molecule has 11 unspecified atom stereocenters. The molecule has 11 rings (SSSR count). The molecule has 9 aliphatic rings. The van der Waals surface area contributed by atoms with Crippen molar-refractivity contribution >= 4 is 17.5 Å². The van der Waals surface area contributed by atoms with Crippen LogP contribution < -0.4 is 10.1 Å². The number of hydrogen-bond donors (Lipinski definition) is 3. The Balaban J connectivity index is 1.08. The van der Waals surface area contributed by atoms with E-state index < -0.39 is 27.9 Å². The number of aliphatic hydroxyl groups excluding tert-OH is 1. The number of Topliss-reactive ketones (excluding diaryl/α,β-unsaturated/α-hetero) is 1. The number of benzene rings is 1. The number of anilines is 1. The fourth-order valence-electron chi connectivity index (χ4n) is 14.0. The summed E-state index contributed by atoms with van der Waals surface area (Å²) in [6, 6.07) is 10.8. The average Bonchev–Trinajstić information content (AvgIpc) is 3.78. The van der Waals surface area contributed by atoms with Crippen LogP contribution in [0.4, 0.5) is 10.5 Å². The van der Waals surface area contributed by atoms with E-state index in [1.54, 1.807) is 25.5 Å². The first kappa shape index (κ1) is 35.3. The molecule has 8 heteroatoms. The van der Waals surface area contributed by atoms with Crippen molar-refractivity contribution in [1.29, 1.82) is 0 Å². The van der Waals surface area contributed by atoms with Crippen molar-refractivity contribution in [3.63, 3.8) is 0 Å². The van der Waals surface area contributed by atoms with Gasteiger partial charge in [-0.2, -0.15) is 0 Å². The van der Waals surface area contributed by atoms with E-state index in [4.69, 9.17) is 9.15 Å². The molecule has 2 spiro atoms. The maximum absolute atomic E-state index is 14.6. The topological polar surface area (TPSA) is 112 Å². The molecular formula is C45H58N2O6. The van der Waals surface area contributed by atoms with E-state index in [9.17, 15) is 19.8 Å². The van der Waals surface area contributed by atoms with Crippen LogP contribution in [0.3, 0.4) is 0 Å². The van der Waals surface area contributed by atoms with Crippen LogP contribution in [0.15, 0.2) is 70.9 Å². The van der Waals surface area contributed by atoms with E-state index >= 15 is 0 Å². The van der Waals surface area contributed by atoms with Crippen LogP contribution in [0.1, 0.15) is 102 Å². The minimum Gasteiger partial charge on any atom is -0.497 e. The zero-order chi connectivity index (χ0) is 37.2. The minimum atomic E-state index is -1.15. The lowest BCUT2D eigenvalue weighted by Crippen LogP contribution is -2.67. The molecule has 0 radical (unpaired) electrons. The minimum absolute atomic E-state index is 0.00496. The van der Waals surface area contributed by atoms with Gasteiger partial charge >= 0.3 is 6.03 Å². The fraction of sp³-hybridized carbons (Fsp3) is 0.644. The molecule has 1 heterocycles. The number of ketones is 1. The number of methoxy groups -OCH3 is 1. The maximum Gasteiger partial charge on any atom is 0.321 e. The SMILES string of the molecule is COc1ccc(NC(=O)N(CC2CCC3CC2C3(C)C)CC2(O)CCC3C45C=CC6(C=C4C(=O)c4ccco4)CC(O)CCC6(C)C5CCC32C)cc1. The van der Waals surface area contributed by atoms with E-state index in [1.807, 2.05) is 29.2 Å². The number of allylic oxidation sites excluding steroid dienone is 4. The molecule has 53 heavy (non-hydrogen) atoms. The number of rotatable bonds is 8. The van der Waals surface area contributed by atoms with Crippen molar-refractivity contribution in [3.8, 4) is 5.75 Å². The largest absolute Gasteiger partial charge is 0.497 e. The smallest absolute Gasteiger partial charge is 0.321 e. The Kier molecular flexibility index (Phi) is 7.88. The summed E-state index contributed by atoms with van der Waals surface area (Å²) in [7, 11) is 1.63. The third kappa shape index (κ3) is 4.79. The number of nitrogens with one attached hydrogen (secondary N) is 1. The normalized spacial score (nSPS) is 42.7. The first-order valence-corrected chi connectivity index (χ1v) is 20.3. The van der Waals surface area contributed by atoms with Crippen molar-refractivity contribution < 1.29 is 29.0 Å². The molecule has 1 aromatic heterocycles. The molecule has 2 amide bonds. The third-order valence-electron chi connectivity index (χ3n) is 17.2. The lowest BCUT2D eigenvalue weighted by Gasteiger charge is -2.71. The summed E-state index contributed by atoms with van der Waals surface area (Å²) >= 11 is 0. The number of furan rings is 1. The van der Waals surface area contributed by atoms with Crippen LogP contribution in [0.2, 0.25) is 0 Å². The highest BCUT2D eigenvalue weighted by atomic mass is 16.5. The van der Waals surface area contributed by atoms with Crippen molar-refractivity contribution in [2.75, 3.05) is 25.5 Å². The van der Waals surface area contributed by atoms with E-state index in [0.29, 0.717) is 42.7 Å². The van der Waals surface area contributed by atoms with Crippen molar-refractivity contribution in [3.05, 3.63) is 72.2 Å². The fourth-order valence-corrected chi connectivity index (χ4v) is 14.0. The van der Waals surface area contributed by atoms with Gasteiger partial charge in [-0.1, -0.05) is 45.9 Å². The summed E-state index contributed by atoms with van der Waals surface area (Å²) in [6.07, 6.45) is 16.9. The van der Waals surface area contributed by atoms with Gasteiger partial charge in [-0.05, 0) is 141 Å². The number of aliphatic hydroxyl groups is 2. The molecule has 9 aliphatic carbocycles. The number of nitrogens with zero attached hydrogens (tertiary/aromatic N) is 1. The van der Waals surface area contributed by atoms with Gasteiger partial charge in [-0.3, -0.25) is 4.79 Å². The summed E-state index contributed by atoms with van der Waals surface area (Å²) in [5.41, 5.74) is -1.04. The zero-order valence-corrected chi connectivity index (χ0v) is 32.2. The van der Waals surface area contributed by atoms with E-state index in [0.717, 1.165) is 55.8 Å². The summed E-state index contributed by atoms with van der Waals surface area (Å²) < 4.78 is 11.1. The van der Waals surface area contributed by atoms with Crippen molar-refractivity contribution in [2.45, 2.75) is 104 Å². The van der Waals surface area contributed by atoms with E-state index in [-0.39, 0.29) is 41.0 Å². The Labute approximate surface area is 314 Å². The number of hydrogen-bond acceptors (Lipinski definition) is 6. The molecule has 6 fully saturated rings. The summed E-state index contributed by atoms with van der Waals surface area (Å²) in [5.74, 6) is 2.89. The predicted octanol–water partition coefficient (Wildman–Crippen LogP) is 8.67. The summed E-state index contributed by atoms with van der Waals surface area (Å²) in [5, 5.41) is 27.4. The summed E-state index contributed by atoms with van der Waals surface area (Å²) in [4.78, 5) is 31.0. The Bertz CT molecular complexity index is 1850. The van der Waals surface area contributed by atoms with Crippen LogP contribution >= 0.6 is 0 Å². The lowest BCUT2D eigenvalue weighted by atomic mass is 9.32. The second-order valence-corrected chi connectivity index (χ2v) is 19.4. The molecule has 3 N–H and O–H groups in total. The highest BCUT2D eigenvalue weighted by molar-refractivity contribution is 6.08. The third-order valence-corrected chi connectivity index (χ3v) is 17.2. The number of amides is 2. The molecule has 284 valence electrons. The number of urea groups is 1. The Hall–Kier alpha value is -3.36. The van der Waals surface area contributed by atoms with Gasteiger partial charge in [0, 0.05) is 34.1 Å². The van der Waals surface area contributed by atoms with Gasteiger partial charge in [0.1, 0.15) is 5.75 Å². The Morgan fingerprint density at radius 3 is 2.38 bits per heavy atom. The second-order valence-electron chi connectivity index (χ2n) is 19.4. The van der Waals surface area contributed by atoms with Gasteiger partial charge in [0.15, 0.2) is 5.76 Å². The Morgan fingerprint density at radius 1 is 0.943 bits per heavy atom. The van der Waals surface area contributed by atoms with Gasteiger partial charge in [0.2, 0.25) is 5.78 Å². The first-order chi connectivity index (χ1) is 25.2. The molecular weight excluding hydrogens is 665 g/mol. The molecule has 0 saturated heterocycles. The molecule has 2 aromatic rings. The number of carbonyl (C=O) groups excluding carboxylic acids is 2. The second kappa shape index (κ2) is 11.8. The molecule has 1 aromatic carbocycles. The monoisotopic (exact) mass is 722 g/mol. The van der Waals surface area contributed by atoms with Crippen LogP contribution in [0.25, 0.3) is 0 Å². The quantitative estimate of drug-likeness (QED) is 0.186. The standard InChI is InChI=1S/C45H58N2O6/c1-40(2)29-9-8-28(33(40)23-29)26-47(39(50)46-30-10-12-32(52-5)13-11-30)27-44(51)19-16-37-42(44,4)18-15-36-41(3)17-14-31(48)24-43(41)20-21-45(36,37)34(25-43)38(49)35-7-6-22-53-35/h6-7,10-13,20-22,25,28-29,31,33,36-37,48,51H,8-9,14-19,23-24,26-27H2,1-5H3,(H,46,50). The van der Waals surface area contributed by atoms with Gasteiger partial charge in [0.05, 0.1) is 31.6 Å². The molecule has 11 atom stereocenters. The van der Waals surface area contributed by atoms with Gasteiger partial charge in [-0.15, -0.1) is 0 Å². The highest BCUT2D eigenvalue weighted by Crippen LogP contribution is 2.78. The highest BCUT2D eigenvalue weighted by Gasteiger charge is 2.74. The maximum atomic E-state index is 14.6. The Morgan fingerprint density at radius 2 is 1.68 bits per heavy atom. The molecule has 4 bridgehead atoms. The number of ether oxygens (including phenoxy) is 1. The van der Waals surface area contributed by atoms with Crippen molar-refractivity contribution in [1.82, 2.24) is 4.90 Å². The average molecular weight is 723 g/mol. The molecule has 6 saturated carbocycles. The van der Waals surface area contributed by atoms with E-state index in [1.165, 1.54) is 12.8 Å². The van der Waals surface area contributed by atoms with Crippen LogP contribution in [0.5, 0.6) is 5.75 Å². The van der Waals surface area contributed by atoms with Crippen molar-refractivity contribution in [2.24, 2.45) is 56.7 Å².